The molecule has 0 amide bonds. The Morgan fingerprint density at radius 1 is 1.07 bits per heavy atom. The van der Waals surface area contributed by atoms with Crippen molar-refractivity contribution in [3.8, 4) is 33.9 Å². The Morgan fingerprint density at radius 3 is 2.50 bits per heavy atom. The molecule has 3 aromatic heterocycles. The van der Waals surface area contributed by atoms with Gasteiger partial charge in [0, 0.05) is 36.5 Å². The van der Waals surface area contributed by atoms with Crippen LogP contribution in [0.2, 0.25) is 0 Å². The lowest BCUT2D eigenvalue weighted by Crippen LogP contribution is -2.21. The summed E-state index contributed by atoms with van der Waals surface area (Å²) >= 11 is 0. The maximum Gasteiger partial charge on any atom is 0.389 e. The lowest BCUT2D eigenvalue weighted by Gasteiger charge is -2.15. The number of ether oxygens (including phenoxy) is 4. The van der Waals surface area contributed by atoms with Crippen LogP contribution in [0.1, 0.15) is 36.0 Å². The number of Topliss-reactive ketones (excluding diaryl/α,β-unsaturated/α-hetero) is 1. The molecule has 222 valence electrons. The number of carbonyl (C=O) groups excluding carboxylic acids is 2. The van der Waals surface area contributed by atoms with Gasteiger partial charge in [0.25, 0.3) is 0 Å². The number of rotatable bonds is 11. The Kier molecular flexibility index (Phi) is 8.48. The number of carbonyl (C=O) groups is 2. The molecule has 42 heavy (non-hydrogen) atoms. The first-order chi connectivity index (χ1) is 20.1. The third-order valence-electron chi connectivity index (χ3n) is 6.94. The van der Waals surface area contributed by atoms with E-state index in [4.69, 9.17) is 18.9 Å². The molecule has 1 aromatic carbocycles. The van der Waals surface area contributed by atoms with Crippen molar-refractivity contribution in [2.75, 3.05) is 27.4 Å². The molecule has 1 unspecified atom stereocenters. The Hall–Kier alpha value is -4.39. The van der Waals surface area contributed by atoms with Gasteiger partial charge in [-0.2, -0.15) is 18.3 Å². The molecule has 0 bridgehead atoms. The van der Waals surface area contributed by atoms with Crippen molar-refractivity contribution in [1.82, 2.24) is 19.2 Å². The number of halogens is 3. The second-order valence-electron chi connectivity index (χ2n) is 9.83. The third-order valence-corrected chi connectivity index (χ3v) is 6.94. The Balaban J connectivity index is 1.34. The van der Waals surface area contributed by atoms with Crippen LogP contribution in [0.3, 0.4) is 0 Å². The molecule has 5 rings (SSSR count). The van der Waals surface area contributed by atoms with E-state index in [9.17, 15) is 22.8 Å². The zero-order valence-electron chi connectivity index (χ0n) is 23.0. The van der Waals surface area contributed by atoms with E-state index < -0.39 is 30.8 Å². The smallest absolute Gasteiger partial charge is 0.389 e. The number of pyridine rings is 1. The summed E-state index contributed by atoms with van der Waals surface area (Å²) in [6.45, 7) is 0.901. The van der Waals surface area contributed by atoms with Gasteiger partial charge in [0.2, 0.25) is 0 Å². The summed E-state index contributed by atoms with van der Waals surface area (Å²) in [7, 11) is 2.67. The van der Waals surface area contributed by atoms with Crippen LogP contribution >= 0.6 is 0 Å². The number of hydrogen-bond acceptors (Lipinski definition) is 8. The minimum atomic E-state index is -4.46. The van der Waals surface area contributed by atoms with Gasteiger partial charge in [-0.05, 0) is 42.7 Å². The van der Waals surface area contributed by atoms with Gasteiger partial charge < -0.3 is 18.9 Å². The number of aromatic nitrogens is 4. The van der Waals surface area contributed by atoms with Crippen molar-refractivity contribution < 1.29 is 41.7 Å². The molecule has 4 aromatic rings. The summed E-state index contributed by atoms with van der Waals surface area (Å²) in [4.78, 5) is 29.4. The zero-order chi connectivity index (χ0) is 29.9. The summed E-state index contributed by atoms with van der Waals surface area (Å²) < 4.78 is 63.0. The number of hydrogen-bond donors (Lipinski definition) is 0. The molecule has 13 heteroatoms. The quantitative estimate of drug-likeness (QED) is 0.176. The molecule has 0 radical (unpaired) electrons. The highest BCUT2D eigenvalue weighted by atomic mass is 19.4. The number of benzene rings is 1. The Labute approximate surface area is 239 Å². The van der Waals surface area contributed by atoms with Crippen molar-refractivity contribution >= 4 is 17.4 Å². The first-order valence-electron chi connectivity index (χ1n) is 13.3. The summed E-state index contributed by atoms with van der Waals surface area (Å²) in [5.74, 6) is -0.922. The number of fused-ring (bicyclic) bond motifs is 1. The fourth-order valence-electron chi connectivity index (χ4n) is 4.83. The second kappa shape index (κ2) is 12.2. The first-order valence-corrected chi connectivity index (χ1v) is 13.3. The standard InChI is InChI=1S/C29H29F3N4O6/c1-39-24-10-19(11-25(40-2)28(24)23(37)5-7-29(30,31)32)22-14-33-26-12-18(6-8-36(22)26)20-13-34-35(15-20)16-27(38)42-17-21-4-3-9-41-21/h6,8,10-15,21H,3-5,7,9,16-17H2,1-2H3. The normalized spacial score (nSPS) is 15.2. The van der Waals surface area contributed by atoms with E-state index in [-0.39, 0.29) is 36.3 Å². The number of esters is 1. The van der Waals surface area contributed by atoms with Crippen molar-refractivity contribution in [2.24, 2.45) is 0 Å². The van der Waals surface area contributed by atoms with Gasteiger partial charge in [0.1, 0.15) is 35.9 Å². The van der Waals surface area contributed by atoms with Crippen LogP contribution in [-0.2, 0) is 20.8 Å². The van der Waals surface area contributed by atoms with Gasteiger partial charge in [-0.25, -0.2) is 4.98 Å². The highest BCUT2D eigenvalue weighted by Gasteiger charge is 2.30. The average molecular weight is 587 g/mol. The number of imidazole rings is 1. The number of nitrogens with zero attached hydrogens (tertiary/aromatic N) is 4. The zero-order valence-corrected chi connectivity index (χ0v) is 23.0. The van der Waals surface area contributed by atoms with E-state index >= 15 is 0 Å². The van der Waals surface area contributed by atoms with Gasteiger partial charge in [-0.1, -0.05) is 0 Å². The van der Waals surface area contributed by atoms with Gasteiger partial charge >= 0.3 is 12.1 Å². The van der Waals surface area contributed by atoms with Crippen molar-refractivity contribution in [3.05, 3.63) is 54.6 Å². The van der Waals surface area contributed by atoms with Crippen LogP contribution in [0.15, 0.2) is 49.1 Å². The van der Waals surface area contributed by atoms with E-state index in [1.807, 2.05) is 22.7 Å². The minimum absolute atomic E-state index is 0.0269. The number of ketones is 1. The van der Waals surface area contributed by atoms with Crippen LogP contribution < -0.4 is 9.47 Å². The van der Waals surface area contributed by atoms with Crippen LogP contribution in [0.25, 0.3) is 28.0 Å². The van der Waals surface area contributed by atoms with Gasteiger partial charge in [0.05, 0.1) is 44.8 Å². The molecule has 0 N–H and O–H groups in total. The van der Waals surface area contributed by atoms with Gasteiger partial charge in [-0.15, -0.1) is 0 Å². The Bertz CT molecular complexity index is 1560. The molecule has 0 spiro atoms. The van der Waals surface area contributed by atoms with E-state index in [0.717, 1.165) is 24.0 Å². The van der Waals surface area contributed by atoms with Crippen LogP contribution in [0.5, 0.6) is 11.5 Å². The maximum absolute atomic E-state index is 12.7. The molecule has 1 aliphatic heterocycles. The first kappa shape index (κ1) is 29.1. The lowest BCUT2D eigenvalue weighted by molar-refractivity contribution is -0.147. The fraction of sp³-hybridized carbons (Fsp3) is 0.379. The highest BCUT2D eigenvalue weighted by molar-refractivity contribution is 6.02. The van der Waals surface area contributed by atoms with E-state index in [0.29, 0.717) is 23.5 Å². The van der Waals surface area contributed by atoms with Crippen molar-refractivity contribution in [2.45, 2.75) is 44.5 Å². The largest absolute Gasteiger partial charge is 0.496 e. The van der Waals surface area contributed by atoms with Gasteiger partial charge in [0.15, 0.2) is 5.78 Å². The lowest BCUT2D eigenvalue weighted by atomic mass is 10.0. The van der Waals surface area contributed by atoms with Crippen LogP contribution in [0, 0.1) is 0 Å². The summed E-state index contributed by atoms with van der Waals surface area (Å²) in [6.07, 6.45) is 2.22. The predicted molar refractivity (Wildman–Crippen MR) is 145 cm³/mol. The topological polar surface area (TPSA) is 106 Å². The Morgan fingerprint density at radius 2 is 1.83 bits per heavy atom. The number of methoxy groups -OCH3 is 2. The predicted octanol–water partition coefficient (Wildman–Crippen LogP) is 5.13. The van der Waals surface area contributed by atoms with Crippen LogP contribution in [-0.4, -0.2) is 70.6 Å². The fourth-order valence-corrected chi connectivity index (χ4v) is 4.83. The number of alkyl halides is 3. The van der Waals surface area contributed by atoms with Gasteiger partial charge in [-0.3, -0.25) is 18.7 Å². The maximum atomic E-state index is 12.7. The SMILES string of the molecule is COc1cc(-c2cnc3cc(-c4cnn(CC(=O)OCC5CCCO5)c4)ccn23)cc(OC)c1C(=O)CCC(F)(F)F. The molecular formula is C29H29F3N4O6. The van der Waals surface area contributed by atoms with Crippen LogP contribution in [0.4, 0.5) is 13.2 Å². The molecule has 0 aliphatic carbocycles. The molecule has 1 aliphatic rings. The average Bonchev–Trinajstić information content (AvgIpc) is 3.74. The molecular weight excluding hydrogens is 557 g/mol. The highest BCUT2D eigenvalue weighted by Crippen LogP contribution is 2.37. The van der Waals surface area contributed by atoms with Crippen molar-refractivity contribution in [3.63, 3.8) is 0 Å². The summed E-state index contributed by atoms with van der Waals surface area (Å²) in [6, 6.07) is 6.86. The third kappa shape index (κ3) is 6.56. The van der Waals surface area contributed by atoms with Crippen molar-refractivity contribution in [1.29, 1.82) is 0 Å². The second-order valence-corrected chi connectivity index (χ2v) is 9.83. The van der Waals surface area contributed by atoms with E-state index in [1.54, 1.807) is 30.7 Å². The molecule has 1 saturated heterocycles. The van der Waals surface area contributed by atoms with E-state index in [2.05, 4.69) is 10.1 Å². The molecule has 1 atom stereocenters. The molecule has 1 fully saturated rings. The summed E-state index contributed by atoms with van der Waals surface area (Å²) in [5.41, 5.74) is 3.39. The van der Waals surface area contributed by atoms with E-state index in [1.165, 1.54) is 18.9 Å². The molecule has 0 saturated carbocycles. The summed E-state index contributed by atoms with van der Waals surface area (Å²) in [5, 5.41) is 4.27. The molecule has 4 heterocycles. The monoisotopic (exact) mass is 586 g/mol. The molecule has 10 nitrogen and oxygen atoms in total. The minimum Gasteiger partial charge on any atom is -0.496 e.